The summed E-state index contributed by atoms with van der Waals surface area (Å²) in [5.74, 6) is -2.84. The molecule has 6 N–H and O–H groups in total. The maximum absolute atomic E-state index is 11.3. The van der Waals surface area contributed by atoms with Crippen molar-refractivity contribution < 1.29 is 33.0 Å². The van der Waals surface area contributed by atoms with E-state index in [4.69, 9.17) is 15.4 Å². The zero-order valence-corrected chi connectivity index (χ0v) is 11.4. The first-order valence-corrected chi connectivity index (χ1v) is 7.33. The highest BCUT2D eigenvalue weighted by molar-refractivity contribution is 7.89. The van der Waals surface area contributed by atoms with Crippen LogP contribution < -0.4 is 15.8 Å². The van der Waals surface area contributed by atoms with E-state index in [0.29, 0.717) is 0 Å². The molecule has 0 aromatic rings. The number of nitrogens with two attached hydrogens (primary N) is 1. The van der Waals surface area contributed by atoms with E-state index in [2.05, 4.69) is 10.6 Å². The molecule has 2 amide bonds. The number of nitrogens with one attached hydrogen (secondary N) is 2. The second-order valence-corrected chi connectivity index (χ2v) is 5.68. The summed E-state index contributed by atoms with van der Waals surface area (Å²) >= 11 is 0. The highest BCUT2D eigenvalue weighted by atomic mass is 32.2. The standard InChI is InChI=1S/C9H17N3O7S/c10-20(18,19)5-1-4-11-9(17)12-6(8(15)16)2-3-7(13)14/h6H,1-5H2,(H,13,14)(H,15,16)(H2,10,18,19)(H2,11,12,17). The maximum atomic E-state index is 11.3. The van der Waals surface area contributed by atoms with Crippen LogP contribution in [0.3, 0.4) is 0 Å². The van der Waals surface area contributed by atoms with Crippen LogP contribution in [0.5, 0.6) is 0 Å². The Balaban J connectivity index is 4.07. The lowest BCUT2D eigenvalue weighted by Gasteiger charge is -2.14. The average Bonchev–Trinajstić information content (AvgIpc) is 2.28. The van der Waals surface area contributed by atoms with Crippen LogP contribution in [0.4, 0.5) is 4.79 Å². The molecule has 0 aromatic carbocycles. The van der Waals surface area contributed by atoms with E-state index < -0.39 is 40.5 Å². The van der Waals surface area contributed by atoms with Gasteiger partial charge in [-0.1, -0.05) is 0 Å². The summed E-state index contributed by atoms with van der Waals surface area (Å²) in [4.78, 5) is 32.4. The fourth-order valence-electron chi connectivity index (χ4n) is 1.21. The molecular weight excluding hydrogens is 294 g/mol. The molecular formula is C9H17N3O7S. The van der Waals surface area contributed by atoms with Crippen molar-refractivity contribution >= 4 is 28.0 Å². The van der Waals surface area contributed by atoms with E-state index in [0.717, 1.165) is 0 Å². The Hall–Kier alpha value is -1.88. The van der Waals surface area contributed by atoms with Crippen LogP contribution in [-0.2, 0) is 19.6 Å². The number of carboxylic acids is 2. The van der Waals surface area contributed by atoms with Gasteiger partial charge in [0.15, 0.2) is 0 Å². The van der Waals surface area contributed by atoms with Gasteiger partial charge in [-0.15, -0.1) is 0 Å². The molecule has 0 saturated carbocycles. The molecule has 10 nitrogen and oxygen atoms in total. The van der Waals surface area contributed by atoms with Crippen LogP contribution in [0.2, 0.25) is 0 Å². The number of rotatable bonds is 9. The average molecular weight is 311 g/mol. The molecule has 0 aliphatic heterocycles. The summed E-state index contributed by atoms with van der Waals surface area (Å²) in [5, 5.41) is 26.3. The molecule has 1 unspecified atom stereocenters. The highest BCUT2D eigenvalue weighted by Gasteiger charge is 2.20. The number of primary sulfonamides is 1. The second-order valence-electron chi connectivity index (χ2n) is 3.94. The van der Waals surface area contributed by atoms with Crippen LogP contribution in [0.25, 0.3) is 0 Å². The largest absolute Gasteiger partial charge is 0.481 e. The van der Waals surface area contributed by atoms with Gasteiger partial charge < -0.3 is 20.8 Å². The molecule has 0 bridgehead atoms. The molecule has 0 heterocycles. The first-order chi connectivity index (χ1) is 9.11. The molecule has 0 spiro atoms. The van der Waals surface area contributed by atoms with Crippen LogP contribution in [0, 0.1) is 0 Å². The van der Waals surface area contributed by atoms with Crippen molar-refractivity contribution in [2.45, 2.75) is 25.3 Å². The molecule has 0 rings (SSSR count). The number of carboxylic acid groups (broad SMARTS) is 2. The van der Waals surface area contributed by atoms with Crippen molar-refractivity contribution in [1.82, 2.24) is 10.6 Å². The van der Waals surface area contributed by atoms with Gasteiger partial charge in [0, 0.05) is 13.0 Å². The lowest BCUT2D eigenvalue weighted by atomic mass is 10.1. The molecule has 1 atom stereocenters. The fraction of sp³-hybridized carbons (Fsp3) is 0.667. The van der Waals surface area contributed by atoms with Crippen molar-refractivity contribution in [2.24, 2.45) is 5.14 Å². The minimum absolute atomic E-state index is 0.00642. The van der Waals surface area contributed by atoms with Gasteiger partial charge in [-0.05, 0) is 12.8 Å². The first-order valence-electron chi connectivity index (χ1n) is 5.61. The summed E-state index contributed by atoms with van der Waals surface area (Å²) < 4.78 is 21.2. The number of aliphatic carboxylic acids is 2. The Morgan fingerprint density at radius 3 is 2.25 bits per heavy atom. The lowest BCUT2D eigenvalue weighted by Crippen LogP contribution is -2.46. The number of hydrogen-bond acceptors (Lipinski definition) is 5. The second kappa shape index (κ2) is 8.32. The molecule has 0 fully saturated rings. The van der Waals surface area contributed by atoms with Gasteiger partial charge in [0.2, 0.25) is 10.0 Å². The predicted molar refractivity (Wildman–Crippen MR) is 67.4 cm³/mol. The van der Waals surface area contributed by atoms with E-state index in [9.17, 15) is 22.8 Å². The molecule has 0 aliphatic rings. The SMILES string of the molecule is NS(=O)(=O)CCCNC(=O)NC(CCC(=O)O)C(=O)O. The number of amides is 2. The van der Waals surface area contributed by atoms with Crippen molar-refractivity contribution in [3.8, 4) is 0 Å². The summed E-state index contributed by atoms with van der Waals surface area (Å²) in [6.07, 6.45) is -0.572. The van der Waals surface area contributed by atoms with Crippen LogP contribution in [0.15, 0.2) is 0 Å². The smallest absolute Gasteiger partial charge is 0.326 e. The Bertz CT molecular complexity index is 462. The minimum atomic E-state index is -3.61. The fourth-order valence-corrected chi connectivity index (χ4v) is 1.76. The molecule has 0 radical (unpaired) electrons. The van der Waals surface area contributed by atoms with Gasteiger partial charge in [-0.25, -0.2) is 23.1 Å². The zero-order chi connectivity index (χ0) is 15.8. The van der Waals surface area contributed by atoms with E-state index in [1.54, 1.807) is 0 Å². The predicted octanol–water partition coefficient (Wildman–Crippen LogP) is -1.72. The van der Waals surface area contributed by atoms with Crippen molar-refractivity contribution in [1.29, 1.82) is 0 Å². The Labute approximate surface area is 115 Å². The van der Waals surface area contributed by atoms with Gasteiger partial charge >= 0.3 is 18.0 Å². The Morgan fingerprint density at radius 1 is 1.20 bits per heavy atom. The topological polar surface area (TPSA) is 176 Å². The summed E-state index contributed by atoms with van der Waals surface area (Å²) in [6, 6.07) is -2.15. The molecule has 11 heteroatoms. The Morgan fingerprint density at radius 2 is 1.80 bits per heavy atom. The summed E-state index contributed by atoms with van der Waals surface area (Å²) in [7, 11) is -3.61. The van der Waals surface area contributed by atoms with Gasteiger partial charge in [-0.2, -0.15) is 0 Å². The number of urea groups is 1. The van der Waals surface area contributed by atoms with Crippen LogP contribution in [-0.4, -0.2) is 54.9 Å². The molecule has 20 heavy (non-hydrogen) atoms. The van der Waals surface area contributed by atoms with Gasteiger partial charge in [0.25, 0.3) is 0 Å². The van der Waals surface area contributed by atoms with Crippen molar-refractivity contribution in [3.63, 3.8) is 0 Å². The lowest BCUT2D eigenvalue weighted by molar-refractivity contribution is -0.140. The normalized spacial score (nSPS) is 12.4. The third-order valence-electron chi connectivity index (χ3n) is 2.14. The molecule has 116 valence electrons. The van der Waals surface area contributed by atoms with E-state index in [1.807, 2.05) is 0 Å². The van der Waals surface area contributed by atoms with E-state index >= 15 is 0 Å². The molecule has 0 aliphatic carbocycles. The third kappa shape index (κ3) is 10.1. The summed E-state index contributed by atoms with van der Waals surface area (Å²) in [6.45, 7) is -0.00642. The number of carbonyl (C=O) groups excluding carboxylic acids is 1. The first kappa shape index (κ1) is 18.1. The zero-order valence-electron chi connectivity index (χ0n) is 10.5. The minimum Gasteiger partial charge on any atom is -0.481 e. The molecule has 0 aromatic heterocycles. The van der Waals surface area contributed by atoms with Crippen LogP contribution in [0.1, 0.15) is 19.3 Å². The molecule has 0 saturated heterocycles. The van der Waals surface area contributed by atoms with Gasteiger partial charge in [0.1, 0.15) is 6.04 Å². The van der Waals surface area contributed by atoms with Crippen molar-refractivity contribution in [3.05, 3.63) is 0 Å². The van der Waals surface area contributed by atoms with Gasteiger partial charge in [-0.3, -0.25) is 4.79 Å². The third-order valence-corrected chi connectivity index (χ3v) is 3.00. The Kier molecular flexibility index (Phi) is 7.54. The summed E-state index contributed by atoms with van der Waals surface area (Å²) in [5.41, 5.74) is 0. The maximum Gasteiger partial charge on any atom is 0.326 e. The van der Waals surface area contributed by atoms with Crippen LogP contribution >= 0.6 is 0 Å². The number of carbonyl (C=O) groups is 3. The van der Waals surface area contributed by atoms with Crippen molar-refractivity contribution in [2.75, 3.05) is 12.3 Å². The highest BCUT2D eigenvalue weighted by Crippen LogP contribution is 1.98. The number of hydrogen-bond donors (Lipinski definition) is 5. The van der Waals surface area contributed by atoms with E-state index in [-0.39, 0.29) is 25.1 Å². The van der Waals surface area contributed by atoms with E-state index in [1.165, 1.54) is 0 Å². The number of sulfonamides is 1. The monoisotopic (exact) mass is 311 g/mol. The van der Waals surface area contributed by atoms with Gasteiger partial charge in [0.05, 0.1) is 5.75 Å². The quantitative estimate of drug-likeness (QED) is 0.314.